The average Bonchev–Trinajstić information content (AvgIpc) is 2.38. The maximum absolute atomic E-state index is 5.96. The van der Waals surface area contributed by atoms with E-state index >= 15 is 0 Å². The summed E-state index contributed by atoms with van der Waals surface area (Å²) in [6, 6.07) is 13.4. The first-order chi connectivity index (χ1) is 9.06. The van der Waals surface area contributed by atoms with Crippen molar-refractivity contribution < 1.29 is 4.74 Å². The molecule has 0 saturated carbocycles. The molecule has 0 fully saturated rings. The molecule has 2 aromatic carbocycles. The van der Waals surface area contributed by atoms with E-state index in [2.05, 4.69) is 0 Å². The summed E-state index contributed by atoms with van der Waals surface area (Å²) in [4.78, 5) is 0.301. The van der Waals surface area contributed by atoms with Crippen molar-refractivity contribution in [1.29, 1.82) is 0 Å². The Morgan fingerprint density at radius 2 is 1.89 bits per heavy atom. The van der Waals surface area contributed by atoms with Gasteiger partial charge in [-0.15, -0.1) is 0 Å². The number of hydrogen-bond donors (Lipinski definition) is 1. The third-order valence-electron chi connectivity index (χ3n) is 2.72. The van der Waals surface area contributed by atoms with E-state index in [1.807, 2.05) is 31.2 Å². The predicted molar refractivity (Wildman–Crippen MR) is 82.9 cm³/mol. The minimum Gasteiger partial charge on any atom is -0.488 e. The molecule has 0 radical (unpaired) electrons. The molecule has 0 aliphatic carbocycles. The lowest BCUT2D eigenvalue weighted by Gasteiger charge is -2.11. The number of thiocarbonyl (C=S) groups is 1. The summed E-state index contributed by atoms with van der Waals surface area (Å²) in [5.41, 5.74) is 8.66. The number of hydrogen-bond acceptors (Lipinski definition) is 2. The molecule has 0 unspecified atom stereocenters. The molecule has 0 bridgehead atoms. The summed E-state index contributed by atoms with van der Waals surface area (Å²) in [5, 5.41) is 0.596. The molecular formula is C15H14ClNOS. The summed E-state index contributed by atoms with van der Waals surface area (Å²) in [6.45, 7) is 2.50. The van der Waals surface area contributed by atoms with Gasteiger partial charge in [0.25, 0.3) is 0 Å². The van der Waals surface area contributed by atoms with Gasteiger partial charge < -0.3 is 10.5 Å². The molecule has 0 aromatic heterocycles. The maximum Gasteiger partial charge on any atom is 0.131 e. The van der Waals surface area contributed by atoms with Crippen molar-refractivity contribution in [2.24, 2.45) is 5.73 Å². The molecule has 0 spiro atoms. The van der Waals surface area contributed by atoms with Gasteiger partial charge in [0.2, 0.25) is 0 Å². The number of halogens is 1. The van der Waals surface area contributed by atoms with Crippen LogP contribution in [0.2, 0.25) is 5.02 Å². The van der Waals surface area contributed by atoms with Crippen LogP contribution in [0.1, 0.15) is 16.7 Å². The fraction of sp³-hybridized carbons (Fsp3) is 0.133. The molecule has 0 saturated heterocycles. The van der Waals surface area contributed by atoms with Crippen molar-refractivity contribution in [2.45, 2.75) is 13.5 Å². The first kappa shape index (κ1) is 13.8. The first-order valence-corrected chi connectivity index (χ1v) is 6.62. The van der Waals surface area contributed by atoms with Gasteiger partial charge in [0, 0.05) is 5.02 Å². The number of ether oxygens (including phenoxy) is 1. The van der Waals surface area contributed by atoms with Gasteiger partial charge in [-0.05, 0) is 30.7 Å². The largest absolute Gasteiger partial charge is 0.488 e. The molecule has 4 heteroatoms. The summed E-state index contributed by atoms with van der Waals surface area (Å²) in [6.07, 6.45) is 0. The number of nitrogens with two attached hydrogens (primary N) is 1. The van der Waals surface area contributed by atoms with Gasteiger partial charge in [0.1, 0.15) is 17.3 Å². The van der Waals surface area contributed by atoms with E-state index in [0.29, 0.717) is 27.9 Å². The minimum atomic E-state index is 0.301. The minimum absolute atomic E-state index is 0.301. The van der Waals surface area contributed by atoms with Crippen molar-refractivity contribution in [1.82, 2.24) is 0 Å². The van der Waals surface area contributed by atoms with Gasteiger partial charge in [-0.2, -0.15) is 0 Å². The Kier molecular flexibility index (Phi) is 4.40. The van der Waals surface area contributed by atoms with Crippen LogP contribution in [0.3, 0.4) is 0 Å². The fourth-order valence-corrected chi connectivity index (χ4v) is 2.00. The van der Waals surface area contributed by atoms with Crippen LogP contribution < -0.4 is 10.5 Å². The van der Waals surface area contributed by atoms with Crippen LogP contribution in [0.15, 0.2) is 42.5 Å². The van der Waals surface area contributed by atoms with Gasteiger partial charge >= 0.3 is 0 Å². The van der Waals surface area contributed by atoms with Crippen LogP contribution in [0, 0.1) is 6.92 Å². The third-order valence-corrected chi connectivity index (χ3v) is 3.18. The highest BCUT2D eigenvalue weighted by Crippen LogP contribution is 2.24. The van der Waals surface area contributed by atoms with Crippen LogP contribution in [-0.4, -0.2) is 4.99 Å². The van der Waals surface area contributed by atoms with Gasteiger partial charge in [0.15, 0.2) is 0 Å². The Morgan fingerprint density at radius 1 is 1.21 bits per heavy atom. The van der Waals surface area contributed by atoms with Crippen molar-refractivity contribution in [3.05, 3.63) is 64.2 Å². The Balaban J connectivity index is 2.16. The van der Waals surface area contributed by atoms with Gasteiger partial charge in [-0.1, -0.05) is 53.6 Å². The fourth-order valence-electron chi connectivity index (χ4n) is 1.66. The zero-order valence-electron chi connectivity index (χ0n) is 10.5. The Morgan fingerprint density at radius 3 is 2.53 bits per heavy atom. The second kappa shape index (κ2) is 6.04. The lowest BCUT2D eigenvalue weighted by Crippen LogP contribution is -2.11. The van der Waals surface area contributed by atoms with E-state index in [1.54, 1.807) is 18.2 Å². The highest BCUT2D eigenvalue weighted by atomic mass is 35.5. The van der Waals surface area contributed by atoms with Crippen LogP contribution in [0.25, 0.3) is 0 Å². The van der Waals surface area contributed by atoms with Crippen LogP contribution >= 0.6 is 23.8 Å². The quantitative estimate of drug-likeness (QED) is 0.869. The van der Waals surface area contributed by atoms with Gasteiger partial charge in [-0.3, -0.25) is 0 Å². The van der Waals surface area contributed by atoms with E-state index in [1.165, 1.54) is 5.56 Å². The highest BCUT2D eigenvalue weighted by molar-refractivity contribution is 7.80. The topological polar surface area (TPSA) is 35.2 Å². The lowest BCUT2D eigenvalue weighted by atomic mass is 10.1. The summed E-state index contributed by atoms with van der Waals surface area (Å²) < 4.78 is 5.75. The molecule has 0 heterocycles. The van der Waals surface area contributed by atoms with Gasteiger partial charge in [0.05, 0.1) is 5.56 Å². The highest BCUT2D eigenvalue weighted by Gasteiger charge is 2.07. The molecule has 19 heavy (non-hydrogen) atoms. The lowest BCUT2D eigenvalue weighted by molar-refractivity contribution is 0.305. The van der Waals surface area contributed by atoms with Crippen molar-refractivity contribution in [3.63, 3.8) is 0 Å². The van der Waals surface area contributed by atoms with Crippen molar-refractivity contribution in [3.8, 4) is 5.75 Å². The van der Waals surface area contributed by atoms with Crippen LogP contribution in [-0.2, 0) is 6.61 Å². The molecule has 0 aliphatic heterocycles. The Labute approximate surface area is 123 Å². The normalized spacial score (nSPS) is 10.2. The van der Waals surface area contributed by atoms with Crippen molar-refractivity contribution >= 4 is 28.8 Å². The second-order valence-corrected chi connectivity index (χ2v) is 5.16. The molecule has 98 valence electrons. The molecule has 0 atom stereocenters. The smallest absolute Gasteiger partial charge is 0.131 e. The monoisotopic (exact) mass is 291 g/mol. The van der Waals surface area contributed by atoms with Crippen LogP contribution in [0.4, 0.5) is 0 Å². The third kappa shape index (κ3) is 3.69. The van der Waals surface area contributed by atoms with E-state index in [-0.39, 0.29) is 0 Å². The molecule has 2 N–H and O–H groups in total. The molecule has 0 amide bonds. The Hall–Kier alpha value is -1.58. The first-order valence-electron chi connectivity index (χ1n) is 5.84. The summed E-state index contributed by atoms with van der Waals surface area (Å²) in [5.74, 6) is 0.612. The van der Waals surface area contributed by atoms with E-state index in [0.717, 1.165) is 5.56 Å². The van der Waals surface area contributed by atoms with E-state index < -0.39 is 0 Å². The molecule has 2 rings (SSSR count). The molecular weight excluding hydrogens is 278 g/mol. The van der Waals surface area contributed by atoms with Crippen LogP contribution in [0.5, 0.6) is 5.75 Å². The van der Waals surface area contributed by atoms with E-state index in [4.69, 9.17) is 34.3 Å². The SMILES string of the molecule is Cc1ccc(COc2cc(Cl)ccc2C(N)=S)cc1. The summed E-state index contributed by atoms with van der Waals surface area (Å²) >= 11 is 11.0. The standard InChI is InChI=1S/C15H14ClNOS/c1-10-2-4-11(5-3-10)9-18-14-8-12(16)6-7-13(14)15(17)19/h2-8H,9H2,1H3,(H2,17,19). The predicted octanol–water partition coefficient (Wildman–Crippen LogP) is 3.86. The number of rotatable bonds is 4. The Bertz CT molecular complexity index is 596. The van der Waals surface area contributed by atoms with Crippen molar-refractivity contribution in [2.75, 3.05) is 0 Å². The number of aryl methyl sites for hydroxylation is 1. The maximum atomic E-state index is 5.96. The molecule has 2 aromatic rings. The zero-order valence-corrected chi connectivity index (χ0v) is 12.1. The second-order valence-electron chi connectivity index (χ2n) is 4.28. The van der Waals surface area contributed by atoms with Gasteiger partial charge in [-0.25, -0.2) is 0 Å². The summed E-state index contributed by atoms with van der Waals surface area (Å²) in [7, 11) is 0. The van der Waals surface area contributed by atoms with E-state index in [9.17, 15) is 0 Å². The molecule has 0 aliphatic rings. The zero-order chi connectivity index (χ0) is 13.8. The molecule has 2 nitrogen and oxygen atoms in total. The number of benzene rings is 2. The average molecular weight is 292 g/mol.